The monoisotopic (exact) mass is 438 g/mol. The molecule has 31 heavy (non-hydrogen) atoms. The van der Waals surface area contributed by atoms with Crippen LogP contribution in [0.25, 0.3) is 0 Å². The third kappa shape index (κ3) is 5.79. The Bertz CT molecular complexity index is 1060. The predicted octanol–water partition coefficient (Wildman–Crippen LogP) is 2.93. The molecule has 3 rings (SSSR count). The van der Waals surface area contributed by atoms with E-state index in [4.69, 9.17) is 0 Å². The van der Waals surface area contributed by atoms with Crippen LogP contribution in [-0.4, -0.2) is 31.6 Å². The molecule has 3 aromatic rings. The molecule has 0 bridgehead atoms. The van der Waals surface area contributed by atoms with E-state index in [-0.39, 0.29) is 4.90 Å². The Morgan fingerprint density at radius 3 is 1.77 bits per heavy atom. The zero-order valence-corrected chi connectivity index (χ0v) is 18.2. The zero-order valence-electron chi connectivity index (χ0n) is 17.4. The number of amides is 1. The number of carbonyl (C=O) groups excluding carboxylic acids is 1. The van der Waals surface area contributed by atoms with Gasteiger partial charge in [0.15, 0.2) is 0 Å². The molecule has 0 fully saturated rings. The Balaban J connectivity index is 1.87. The number of hydrogen-bond donors (Lipinski definition) is 3. The van der Waals surface area contributed by atoms with Gasteiger partial charge in [-0.25, -0.2) is 8.42 Å². The summed E-state index contributed by atoms with van der Waals surface area (Å²) >= 11 is 0. The van der Waals surface area contributed by atoms with E-state index in [1.54, 1.807) is 12.1 Å². The third-order valence-corrected chi connectivity index (χ3v) is 6.39. The molecule has 6 nitrogen and oxygen atoms in total. The van der Waals surface area contributed by atoms with Crippen LogP contribution in [0.15, 0.2) is 89.8 Å². The van der Waals surface area contributed by atoms with Gasteiger partial charge in [0.2, 0.25) is 15.9 Å². The van der Waals surface area contributed by atoms with Crippen molar-refractivity contribution in [1.29, 1.82) is 0 Å². The molecule has 3 aromatic carbocycles. The number of hydrogen-bond acceptors (Lipinski definition) is 4. The Morgan fingerprint density at radius 2 is 1.32 bits per heavy atom. The molecule has 0 aliphatic rings. The number of nitrogens with one attached hydrogen (secondary N) is 2. The average molecular weight is 439 g/mol. The van der Waals surface area contributed by atoms with E-state index < -0.39 is 34.1 Å². The summed E-state index contributed by atoms with van der Waals surface area (Å²) in [6, 6.07) is 23.1. The summed E-state index contributed by atoms with van der Waals surface area (Å²) in [5.74, 6) is -0.622. The lowest BCUT2D eigenvalue weighted by Crippen LogP contribution is -2.53. The average Bonchev–Trinajstić information content (AvgIpc) is 2.77. The van der Waals surface area contributed by atoms with E-state index >= 15 is 0 Å². The minimum atomic E-state index is -4.00. The molecule has 2 unspecified atom stereocenters. The van der Waals surface area contributed by atoms with Crippen LogP contribution in [0.5, 0.6) is 0 Å². The lowest BCUT2D eigenvalue weighted by atomic mass is 9.98. The number of benzene rings is 3. The minimum absolute atomic E-state index is 0.0271. The molecule has 3 N–H and O–H groups in total. The largest absolute Gasteiger partial charge is 0.391 e. The van der Waals surface area contributed by atoms with Crippen molar-refractivity contribution in [1.82, 2.24) is 10.0 Å². The maximum atomic E-state index is 13.1. The quantitative estimate of drug-likeness (QED) is 0.504. The van der Waals surface area contributed by atoms with Crippen molar-refractivity contribution in [3.8, 4) is 0 Å². The van der Waals surface area contributed by atoms with E-state index in [0.29, 0.717) is 0 Å². The summed E-state index contributed by atoms with van der Waals surface area (Å²) in [5, 5.41) is 13.1. The fraction of sp³-hybridized carbons (Fsp3) is 0.208. The van der Waals surface area contributed by atoms with E-state index in [2.05, 4.69) is 10.0 Å². The zero-order chi connectivity index (χ0) is 22.4. The summed E-state index contributed by atoms with van der Waals surface area (Å²) in [5.41, 5.74) is 2.60. The number of carbonyl (C=O) groups is 1. The number of aliphatic hydroxyl groups excluding tert-OH is 1. The Morgan fingerprint density at radius 1 is 0.839 bits per heavy atom. The van der Waals surface area contributed by atoms with Gasteiger partial charge in [-0.05, 0) is 37.1 Å². The fourth-order valence-corrected chi connectivity index (χ4v) is 4.47. The Kier molecular flexibility index (Phi) is 7.22. The second kappa shape index (κ2) is 9.87. The van der Waals surface area contributed by atoms with Gasteiger partial charge in [-0.15, -0.1) is 0 Å². The highest BCUT2D eigenvalue weighted by atomic mass is 32.2. The molecule has 2 atom stereocenters. The van der Waals surface area contributed by atoms with Crippen LogP contribution in [0, 0.1) is 6.92 Å². The van der Waals surface area contributed by atoms with E-state index in [1.807, 2.05) is 67.6 Å². The van der Waals surface area contributed by atoms with Crippen LogP contribution in [0.4, 0.5) is 0 Å². The summed E-state index contributed by atoms with van der Waals surface area (Å²) < 4.78 is 27.9. The Hall–Kier alpha value is -3.00. The molecule has 0 saturated heterocycles. The first kappa shape index (κ1) is 22.7. The topological polar surface area (TPSA) is 95.5 Å². The molecule has 0 spiro atoms. The van der Waals surface area contributed by atoms with Crippen molar-refractivity contribution in [3.05, 3.63) is 102 Å². The Labute approximate surface area is 183 Å². The van der Waals surface area contributed by atoms with Gasteiger partial charge in [-0.2, -0.15) is 4.72 Å². The maximum Gasteiger partial charge on any atom is 0.241 e. The fourth-order valence-electron chi connectivity index (χ4n) is 3.21. The molecule has 0 heterocycles. The van der Waals surface area contributed by atoms with Crippen molar-refractivity contribution >= 4 is 15.9 Å². The van der Waals surface area contributed by atoms with Gasteiger partial charge in [-0.3, -0.25) is 4.79 Å². The maximum absolute atomic E-state index is 13.1. The highest BCUT2D eigenvalue weighted by Crippen LogP contribution is 2.22. The van der Waals surface area contributed by atoms with Gasteiger partial charge in [0.1, 0.15) is 6.04 Å². The molecule has 0 saturated carbocycles. The number of rotatable bonds is 8. The standard InChI is InChI=1S/C24H26N2O4S/c1-17-13-15-21(16-14-17)31(29,30)26-22(18(2)27)24(28)25-23(19-9-5-3-6-10-19)20-11-7-4-8-12-20/h3-16,18,22-23,26-27H,1-2H3,(H,25,28). The van der Waals surface area contributed by atoms with Crippen LogP contribution in [0.3, 0.4) is 0 Å². The van der Waals surface area contributed by atoms with Crippen molar-refractivity contribution < 1.29 is 18.3 Å². The molecule has 0 radical (unpaired) electrons. The number of sulfonamides is 1. The van der Waals surface area contributed by atoms with Gasteiger partial charge in [0, 0.05) is 0 Å². The summed E-state index contributed by atoms with van der Waals surface area (Å²) in [6.07, 6.45) is -1.24. The predicted molar refractivity (Wildman–Crippen MR) is 120 cm³/mol. The van der Waals surface area contributed by atoms with Gasteiger partial charge < -0.3 is 10.4 Å². The SMILES string of the molecule is Cc1ccc(S(=O)(=O)NC(C(=O)NC(c2ccccc2)c2ccccc2)C(C)O)cc1. The van der Waals surface area contributed by atoms with Crippen LogP contribution in [-0.2, 0) is 14.8 Å². The molecule has 0 aliphatic heterocycles. The summed E-state index contributed by atoms with van der Waals surface area (Å²) in [6.45, 7) is 3.23. The molecular weight excluding hydrogens is 412 g/mol. The molecule has 162 valence electrons. The van der Waals surface area contributed by atoms with Gasteiger partial charge in [0.25, 0.3) is 0 Å². The first-order chi connectivity index (χ1) is 14.8. The summed E-state index contributed by atoms with van der Waals surface area (Å²) in [4.78, 5) is 13.1. The molecule has 7 heteroatoms. The number of aryl methyl sites for hydroxylation is 1. The lowest BCUT2D eigenvalue weighted by molar-refractivity contribution is -0.125. The first-order valence-corrected chi connectivity index (χ1v) is 11.4. The van der Waals surface area contributed by atoms with E-state index in [1.165, 1.54) is 19.1 Å². The van der Waals surface area contributed by atoms with Crippen LogP contribution >= 0.6 is 0 Å². The van der Waals surface area contributed by atoms with Gasteiger partial charge in [0.05, 0.1) is 17.0 Å². The van der Waals surface area contributed by atoms with E-state index in [9.17, 15) is 18.3 Å². The van der Waals surface area contributed by atoms with Gasteiger partial charge in [-0.1, -0.05) is 78.4 Å². The normalized spacial score (nSPS) is 13.5. The van der Waals surface area contributed by atoms with Crippen molar-refractivity contribution in [3.63, 3.8) is 0 Å². The van der Waals surface area contributed by atoms with Crippen LogP contribution < -0.4 is 10.0 Å². The van der Waals surface area contributed by atoms with Gasteiger partial charge >= 0.3 is 0 Å². The number of aliphatic hydroxyl groups is 1. The van der Waals surface area contributed by atoms with Crippen LogP contribution in [0.2, 0.25) is 0 Å². The lowest BCUT2D eigenvalue weighted by Gasteiger charge is -2.25. The highest BCUT2D eigenvalue weighted by Gasteiger charge is 2.31. The van der Waals surface area contributed by atoms with Crippen molar-refractivity contribution in [2.45, 2.75) is 36.9 Å². The van der Waals surface area contributed by atoms with Crippen molar-refractivity contribution in [2.24, 2.45) is 0 Å². The second-order valence-electron chi connectivity index (χ2n) is 7.42. The third-order valence-electron chi connectivity index (χ3n) is 4.93. The molecule has 0 aliphatic carbocycles. The first-order valence-electron chi connectivity index (χ1n) is 9.95. The minimum Gasteiger partial charge on any atom is -0.391 e. The van der Waals surface area contributed by atoms with E-state index in [0.717, 1.165) is 16.7 Å². The summed E-state index contributed by atoms with van der Waals surface area (Å²) in [7, 11) is -4.00. The van der Waals surface area contributed by atoms with Crippen molar-refractivity contribution in [2.75, 3.05) is 0 Å². The molecular formula is C24H26N2O4S. The molecule has 0 aromatic heterocycles. The highest BCUT2D eigenvalue weighted by molar-refractivity contribution is 7.89. The molecule has 1 amide bonds. The van der Waals surface area contributed by atoms with Crippen LogP contribution in [0.1, 0.15) is 29.7 Å². The smallest absolute Gasteiger partial charge is 0.241 e. The second-order valence-corrected chi connectivity index (χ2v) is 9.13.